The molecule has 4 nitrogen and oxygen atoms in total. The maximum Gasteiger partial charge on any atom is 0.222 e. The number of fused-ring (bicyclic) bond motifs is 1. The number of rotatable bonds is 5. The lowest BCUT2D eigenvalue weighted by atomic mass is 9.98. The minimum Gasteiger partial charge on any atom is -0.463 e. The summed E-state index contributed by atoms with van der Waals surface area (Å²) in [5.41, 5.74) is 2.85. The molecule has 1 aromatic heterocycles. The van der Waals surface area contributed by atoms with Crippen molar-refractivity contribution in [2.75, 3.05) is 13.1 Å². The number of nitrogens with one attached hydrogen (secondary N) is 2. The van der Waals surface area contributed by atoms with E-state index in [9.17, 15) is 4.79 Å². The van der Waals surface area contributed by atoms with Gasteiger partial charge in [-0.1, -0.05) is 38.1 Å². The van der Waals surface area contributed by atoms with Crippen LogP contribution in [0.15, 0.2) is 47.1 Å². The molecule has 1 unspecified atom stereocenters. The molecule has 1 aliphatic heterocycles. The third-order valence-electron chi connectivity index (χ3n) is 4.64. The lowest BCUT2D eigenvalue weighted by molar-refractivity contribution is -0.946. The van der Waals surface area contributed by atoms with Crippen molar-refractivity contribution >= 4 is 5.91 Å². The number of quaternary nitrogens is 1. The molecular weight excluding hydrogens is 288 g/mol. The molecule has 23 heavy (non-hydrogen) atoms. The summed E-state index contributed by atoms with van der Waals surface area (Å²) in [6.45, 7) is 6.48. The van der Waals surface area contributed by atoms with Gasteiger partial charge in [-0.3, -0.25) is 4.79 Å². The second kappa shape index (κ2) is 7.01. The average Bonchev–Trinajstić information content (AvgIpc) is 3.09. The highest BCUT2D eigenvalue weighted by molar-refractivity contribution is 5.77. The molecule has 1 aromatic carbocycles. The molecule has 0 radical (unpaired) electrons. The molecule has 2 aromatic rings. The molecule has 1 amide bonds. The van der Waals surface area contributed by atoms with Crippen molar-refractivity contribution < 1.29 is 14.1 Å². The van der Waals surface area contributed by atoms with Crippen LogP contribution < -0.4 is 10.2 Å². The second-order valence-corrected chi connectivity index (χ2v) is 6.57. The van der Waals surface area contributed by atoms with Gasteiger partial charge in [0.2, 0.25) is 5.91 Å². The van der Waals surface area contributed by atoms with E-state index in [0.29, 0.717) is 6.54 Å². The maximum absolute atomic E-state index is 11.9. The Kier molecular flexibility index (Phi) is 4.82. The normalized spacial score (nSPS) is 18.5. The summed E-state index contributed by atoms with van der Waals surface area (Å²) in [4.78, 5) is 13.4. The molecule has 0 spiro atoms. The van der Waals surface area contributed by atoms with Crippen LogP contribution in [0.3, 0.4) is 0 Å². The molecule has 0 saturated heterocycles. The first-order valence-electron chi connectivity index (χ1n) is 8.37. The molecule has 0 fully saturated rings. The van der Waals surface area contributed by atoms with Crippen LogP contribution in [0.4, 0.5) is 0 Å². The molecule has 3 rings (SSSR count). The molecular formula is C19H25N2O2+. The van der Waals surface area contributed by atoms with Gasteiger partial charge in [0.25, 0.3) is 0 Å². The van der Waals surface area contributed by atoms with Crippen molar-refractivity contribution in [3.63, 3.8) is 0 Å². The fourth-order valence-corrected chi connectivity index (χ4v) is 3.24. The number of hydrogen-bond acceptors (Lipinski definition) is 2. The van der Waals surface area contributed by atoms with Gasteiger partial charge in [0, 0.05) is 17.9 Å². The maximum atomic E-state index is 11.9. The third-order valence-corrected chi connectivity index (χ3v) is 4.64. The number of carbonyl (C=O) groups excluding carboxylic acids is 1. The summed E-state index contributed by atoms with van der Waals surface area (Å²) >= 11 is 0. The van der Waals surface area contributed by atoms with E-state index in [0.717, 1.165) is 25.3 Å². The van der Waals surface area contributed by atoms with E-state index in [4.69, 9.17) is 4.42 Å². The zero-order chi connectivity index (χ0) is 16.2. The minimum absolute atomic E-state index is 0.00401. The van der Waals surface area contributed by atoms with E-state index in [1.54, 1.807) is 6.26 Å². The Balaban J connectivity index is 1.75. The Hall–Kier alpha value is -2.07. The molecule has 122 valence electrons. The van der Waals surface area contributed by atoms with Gasteiger partial charge >= 0.3 is 0 Å². The van der Waals surface area contributed by atoms with Crippen LogP contribution >= 0.6 is 0 Å². The largest absolute Gasteiger partial charge is 0.463 e. The van der Waals surface area contributed by atoms with Gasteiger partial charge in [0.05, 0.1) is 19.4 Å². The van der Waals surface area contributed by atoms with Gasteiger partial charge in [-0.15, -0.1) is 0 Å². The molecule has 2 heterocycles. The molecule has 2 atom stereocenters. The standard InChI is InChI=1S/C19H24N2O2/c1-14(2)19(22)20-12-17(18-8-5-11-23-18)21-10-9-15-6-3-4-7-16(15)13-21/h3-8,11,14,17H,9-10,12-13H2,1-2H3,(H,20,22)/p+1/t17-/m0/s1. The first-order valence-corrected chi connectivity index (χ1v) is 8.37. The van der Waals surface area contributed by atoms with Crippen molar-refractivity contribution in [1.82, 2.24) is 5.32 Å². The van der Waals surface area contributed by atoms with Gasteiger partial charge in [-0.2, -0.15) is 0 Å². The van der Waals surface area contributed by atoms with Crippen molar-refractivity contribution in [1.29, 1.82) is 0 Å². The lowest BCUT2D eigenvalue weighted by Crippen LogP contribution is -3.12. The number of carbonyl (C=O) groups is 1. The van der Waals surface area contributed by atoms with E-state index < -0.39 is 0 Å². The Bertz CT molecular complexity index is 649. The highest BCUT2D eigenvalue weighted by atomic mass is 16.3. The fraction of sp³-hybridized carbons (Fsp3) is 0.421. The first-order chi connectivity index (χ1) is 11.1. The number of furan rings is 1. The monoisotopic (exact) mass is 313 g/mol. The molecule has 0 bridgehead atoms. The number of amides is 1. The molecule has 0 saturated carbocycles. The zero-order valence-electron chi connectivity index (χ0n) is 13.8. The van der Waals surface area contributed by atoms with Crippen LogP contribution in [-0.4, -0.2) is 19.0 Å². The Morgan fingerprint density at radius 3 is 2.70 bits per heavy atom. The number of hydrogen-bond donors (Lipinski definition) is 2. The smallest absolute Gasteiger partial charge is 0.222 e. The van der Waals surface area contributed by atoms with Crippen LogP contribution in [-0.2, 0) is 17.8 Å². The van der Waals surface area contributed by atoms with E-state index in [1.165, 1.54) is 16.0 Å². The highest BCUT2D eigenvalue weighted by Crippen LogP contribution is 2.15. The Labute approximate surface area is 137 Å². The minimum atomic E-state index is 0.00401. The van der Waals surface area contributed by atoms with E-state index in [-0.39, 0.29) is 17.9 Å². The first kappa shape index (κ1) is 15.8. The quantitative estimate of drug-likeness (QED) is 0.883. The summed E-state index contributed by atoms with van der Waals surface area (Å²) in [5, 5.41) is 3.07. The van der Waals surface area contributed by atoms with Crippen LogP contribution in [0.5, 0.6) is 0 Å². The van der Waals surface area contributed by atoms with Gasteiger partial charge in [-0.25, -0.2) is 0 Å². The van der Waals surface area contributed by atoms with Crippen LogP contribution in [0.1, 0.15) is 36.8 Å². The van der Waals surface area contributed by atoms with Crippen molar-refractivity contribution in [3.05, 3.63) is 59.5 Å². The molecule has 4 heteroatoms. The van der Waals surface area contributed by atoms with Crippen molar-refractivity contribution in [2.45, 2.75) is 32.9 Å². The van der Waals surface area contributed by atoms with E-state index in [2.05, 4.69) is 29.6 Å². The molecule has 1 aliphatic rings. The topological polar surface area (TPSA) is 46.7 Å². The van der Waals surface area contributed by atoms with Gasteiger partial charge < -0.3 is 14.6 Å². The Morgan fingerprint density at radius 1 is 1.22 bits per heavy atom. The number of benzene rings is 1. The fourth-order valence-electron chi connectivity index (χ4n) is 3.24. The predicted molar refractivity (Wildman–Crippen MR) is 89.0 cm³/mol. The van der Waals surface area contributed by atoms with E-state index >= 15 is 0 Å². The van der Waals surface area contributed by atoms with Crippen molar-refractivity contribution in [3.8, 4) is 0 Å². The highest BCUT2D eigenvalue weighted by Gasteiger charge is 2.30. The predicted octanol–water partition coefficient (Wildman–Crippen LogP) is 1.73. The summed E-state index contributed by atoms with van der Waals surface area (Å²) in [7, 11) is 0. The Morgan fingerprint density at radius 2 is 2.00 bits per heavy atom. The van der Waals surface area contributed by atoms with Crippen LogP contribution in [0.2, 0.25) is 0 Å². The van der Waals surface area contributed by atoms with Crippen molar-refractivity contribution in [2.24, 2.45) is 5.92 Å². The van der Waals surface area contributed by atoms with Gasteiger partial charge in [0.1, 0.15) is 6.54 Å². The SMILES string of the molecule is CC(C)C(=O)NC[C@@H](c1ccco1)[NH+]1CCc2ccccc2C1. The van der Waals surface area contributed by atoms with Crippen LogP contribution in [0.25, 0.3) is 0 Å². The van der Waals surface area contributed by atoms with E-state index in [1.807, 2.05) is 26.0 Å². The molecule has 0 aliphatic carbocycles. The van der Waals surface area contributed by atoms with Crippen LogP contribution in [0, 0.1) is 5.92 Å². The summed E-state index contributed by atoms with van der Waals surface area (Å²) < 4.78 is 5.66. The third kappa shape index (κ3) is 3.64. The lowest BCUT2D eigenvalue weighted by Gasteiger charge is -2.32. The summed E-state index contributed by atoms with van der Waals surface area (Å²) in [6, 6.07) is 12.7. The summed E-state index contributed by atoms with van der Waals surface area (Å²) in [6.07, 6.45) is 2.78. The zero-order valence-corrected chi connectivity index (χ0v) is 13.8. The average molecular weight is 313 g/mol. The van der Waals surface area contributed by atoms with Gasteiger partial charge in [-0.05, 0) is 17.7 Å². The molecule has 2 N–H and O–H groups in total. The van der Waals surface area contributed by atoms with Gasteiger partial charge in [0.15, 0.2) is 11.8 Å². The second-order valence-electron chi connectivity index (χ2n) is 6.57. The summed E-state index contributed by atoms with van der Waals surface area (Å²) in [5.74, 6) is 1.05.